The van der Waals surface area contributed by atoms with Gasteiger partial charge in [-0.15, -0.1) is 0 Å². The Balaban J connectivity index is 1.59. The van der Waals surface area contributed by atoms with E-state index in [9.17, 15) is 15.3 Å². The summed E-state index contributed by atoms with van der Waals surface area (Å²) in [6.45, 7) is 0. The van der Waals surface area contributed by atoms with Crippen LogP contribution < -0.4 is 10.6 Å². The van der Waals surface area contributed by atoms with Crippen LogP contribution in [0.15, 0.2) is 71.3 Å². The maximum Gasteiger partial charge on any atom is 0.265 e. The number of carbonyl (C=O) groups is 1. The van der Waals surface area contributed by atoms with E-state index in [-0.39, 0.29) is 11.5 Å². The van der Waals surface area contributed by atoms with Crippen LogP contribution in [-0.2, 0) is 10.2 Å². The Morgan fingerprint density at radius 3 is 2.14 bits per heavy atom. The average molecular weight is 401 g/mol. The minimum atomic E-state index is -0.538. The second kappa shape index (κ2) is 7.66. The predicted octanol–water partition coefficient (Wildman–Crippen LogP) is 4.43. The van der Waals surface area contributed by atoms with Gasteiger partial charge in [0, 0.05) is 5.69 Å². The van der Waals surface area contributed by atoms with Crippen molar-refractivity contribution in [3.05, 3.63) is 76.8 Å². The summed E-state index contributed by atoms with van der Waals surface area (Å²) in [6, 6.07) is 24.0. The minimum absolute atomic E-state index is 0.102. The summed E-state index contributed by atoms with van der Waals surface area (Å²) in [7, 11) is 0. The molecule has 29 heavy (non-hydrogen) atoms. The Morgan fingerprint density at radius 2 is 1.55 bits per heavy atom. The van der Waals surface area contributed by atoms with E-state index >= 15 is 0 Å². The molecular formula is C23H20N4OS. The quantitative estimate of drug-likeness (QED) is 0.796. The monoisotopic (exact) mass is 400 g/mol. The molecule has 1 spiro atoms. The van der Waals surface area contributed by atoms with Gasteiger partial charge in [-0.05, 0) is 43.4 Å². The molecular weight excluding hydrogens is 380 g/mol. The van der Waals surface area contributed by atoms with Crippen LogP contribution in [-0.4, -0.2) is 10.8 Å². The first-order valence-corrected chi connectivity index (χ1v) is 10.4. The van der Waals surface area contributed by atoms with Crippen LogP contribution >= 0.6 is 11.8 Å². The predicted molar refractivity (Wildman–Crippen MR) is 113 cm³/mol. The van der Waals surface area contributed by atoms with E-state index in [2.05, 4.69) is 16.7 Å². The lowest BCUT2D eigenvalue weighted by Gasteiger charge is -2.45. The van der Waals surface area contributed by atoms with Crippen molar-refractivity contribution in [1.29, 1.82) is 10.5 Å². The van der Waals surface area contributed by atoms with E-state index in [4.69, 9.17) is 0 Å². The van der Waals surface area contributed by atoms with E-state index in [1.807, 2.05) is 66.7 Å². The summed E-state index contributed by atoms with van der Waals surface area (Å²) in [5.41, 5.74) is 1.42. The Hall–Kier alpha value is -3.22. The fourth-order valence-corrected chi connectivity index (χ4v) is 5.37. The number of nitriles is 2. The van der Waals surface area contributed by atoms with Gasteiger partial charge in [0.1, 0.15) is 11.6 Å². The second-order valence-electron chi connectivity index (χ2n) is 7.42. The third-order valence-electron chi connectivity index (χ3n) is 5.69. The number of amides is 1. The largest absolute Gasteiger partial charge is 0.349 e. The molecule has 0 bridgehead atoms. The van der Waals surface area contributed by atoms with Crippen LogP contribution in [0.3, 0.4) is 0 Å². The maximum atomic E-state index is 12.7. The zero-order valence-corrected chi connectivity index (χ0v) is 16.6. The van der Waals surface area contributed by atoms with Gasteiger partial charge in [0.05, 0.1) is 21.4 Å². The van der Waals surface area contributed by atoms with Gasteiger partial charge in [-0.2, -0.15) is 10.5 Å². The molecule has 0 atom stereocenters. The molecule has 0 saturated heterocycles. The van der Waals surface area contributed by atoms with Crippen LogP contribution in [0.1, 0.15) is 31.2 Å². The number of anilines is 1. The molecule has 1 fully saturated rings. The number of nitrogens with zero attached hydrogens (tertiary/aromatic N) is 2. The van der Waals surface area contributed by atoms with Crippen molar-refractivity contribution in [1.82, 2.24) is 5.32 Å². The smallest absolute Gasteiger partial charge is 0.265 e. The number of rotatable bonds is 3. The minimum Gasteiger partial charge on any atom is -0.349 e. The molecule has 1 amide bonds. The van der Waals surface area contributed by atoms with Crippen molar-refractivity contribution in [2.24, 2.45) is 0 Å². The van der Waals surface area contributed by atoms with Gasteiger partial charge in [0.15, 0.2) is 0 Å². The average Bonchev–Trinajstić information content (AvgIpc) is 2.76. The van der Waals surface area contributed by atoms with Gasteiger partial charge in [0.25, 0.3) is 5.91 Å². The van der Waals surface area contributed by atoms with Crippen LogP contribution in [0, 0.1) is 22.7 Å². The molecule has 1 heterocycles. The van der Waals surface area contributed by atoms with Gasteiger partial charge >= 0.3 is 0 Å². The van der Waals surface area contributed by atoms with Gasteiger partial charge < -0.3 is 10.6 Å². The SMILES string of the molecule is N#CC1=C(Nc2ccccc2)SC2(CCC(C#N)(c3ccccc3)CC2)NC1=O. The molecule has 6 heteroatoms. The van der Waals surface area contributed by atoms with E-state index in [0.29, 0.717) is 30.7 Å². The van der Waals surface area contributed by atoms with Crippen LogP contribution in [0.5, 0.6) is 0 Å². The Kier molecular flexibility index (Phi) is 5.05. The number of hydrogen-bond acceptors (Lipinski definition) is 5. The van der Waals surface area contributed by atoms with Crippen LogP contribution in [0.25, 0.3) is 0 Å². The number of thioether (sulfide) groups is 1. The Morgan fingerprint density at radius 1 is 0.931 bits per heavy atom. The van der Waals surface area contributed by atoms with Crippen LogP contribution in [0.4, 0.5) is 5.69 Å². The standard InChI is InChI=1S/C23H20N4OS/c24-15-19-20(28)27-23(29-21(19)26-18-9-5-2-6-10-18)13-11-22(16-25,12-14-23)17-7-3-1-4-8-17/h1-10,26H,11-14H2,(H,27,28). The van der Waals surface area contributed by atoms with Gasteiger partial charge in [-0.25, -0.2) is 0 Å². The molecule has 144 valence electrons. The van der Waals surface area contributed by atoms with E-state index in [0.717, 1.165) is 11.3 Å². The summed E-state index contributed by atoms with van der Waals surface area (Å²) >= 11 is 1.50. The zero-order chi connectivity index (χ0) is 20.3. The normalized spacial score (nSPS) is 26.3. The molecule has 0 unspecified atom stereocenters. The van der Waals surface area contributed by atoms with Crippen molar-refractivity contribution in [3.8, 4) is 12.1 Å². The third kappa shape index (κ3) is 3.60. The number of nitrogens with one attached hydrogen (secondary N) is 2. The van der Waals surface area contributed by atoms with Gasteiger partial charge in [-0.1, -0.05) is 60.3 Å². The van der Waals surface area contributed by atoms with E-state index in [1.54, 1.807) is 0 Å². The molecule has 0 radical (unpaired) electrons. The highest BCUT2D eigenvalue weighted by atomic mass is 32.2. The second-order valence-corrected chi connectivity index (χ2v) is 8.81. The van der Waals surface area contributed by atoms with Crippen molar-refractivity contribution in [2.75, 3.05) is 5.32 Å². The molecule has 2 aromatic rings. The summed E-state index contributed by atoms with van der Waals surface area (Å²) in [4.78, 5) is 12.2. The Bertz CT molecular complexity index is 1030. The maximum absolute atomic E-state index is 12.7. The molecule has 2 aliphatic rings. The highest BCUT2D eigenvalue weighted by Gasteiger charge is 2.48. The zero-order valence-electron chi connectivity index (χ0n) is 15.8. The molecule has 1 aliphatic carbocycles. The number of para-hydroxylation sites is 1. The summed E-state index contributed by atoms with van der Waals surface area (Å²) in [5, 5.41) is 26.3. The lowest BCUT2D eigenvalue weighted by atomic mass is 9.69. The fraction of sp³-hybridized carbons (Fsp3) is 0.261. The first kappa shape index (κ1) is 19.1. The highest BCUT2D eigenvalue weighted by molar-refractivity contribution is 8.04. The summed E-state index contributed by atoms with van der Waals surface area (Å²) < 4.78 is 0. The number of carbonyl (C=O) groups excluding carboxylic acids is 1. The number of hydrogen-bond donors (Lipinski definition) is 2. The van der Waals surface area contributed by atoms with E-state index in [1.165, 1.54) is 11.8 Å². The highest BCUT2D eigenvalue weighted by Crippen LogP contribution is 2.50. The molecule has 2 N–H and O–H groups in total. The topological polar surface area (TPSA) is 88.7 Å². The summed E-state index contributed by atoms with van der Waals surface area (Å²) in [5.74, 6) is -0.353. The van der Waals surface area contributed by atoms with Gasteiger partial charge in [-0.3, -0.25) is 4.79 Å². The lowest BCUT2D eigenvalue weighted by Crippen LogP contribution is -2.53. The molecule has 5 nitrogen and oxygen atoms in total. The third-order valence-corrected chi connectivity index (χ3v) is 7.10. The molecule has 4 rings (SSSR count). The molecule has 2 aromatic carbocycles. The Labute approximate surface area is 174 Å². The fourth-order valence-electron chi connectivity index (χ4n) is 4.02. The lowest BCUT2D eigenvalue weighted by molar-refractivity contribution is -0.118. The molecule has 0 aromatic heterocycles. The van der Waals surface area contributed by atoms with Crippen molar-refractivity contribution in [2.45, 2.75) is 36.0 Å². The first-order valence-electron chi connectivity index (χ1n) is 9.55. The van der Waals surface area contributed by atoms with Crippen LogP contribution in [0.2, 0.25) is 0 Å². The van der Waals surface area contributed by atoms with Crippen molar-refractivity contribution >= 4 is 23.4 Å². The van der Waals surface area contributed by atoms with Crippen molar-refractivity contribution < 1.29 is 4.79 Å². The molecule has 1 aliphatic heterocycles. The summed E-state index contributed by atoms with van der Waals surface area (Å²) in [6.07, 6.45) is 2.62. The molecule has 1 saturated carbocycles. The van der Waals surface area contributed by atoms with E-state index < -0.39 is 10.3 Å². The first-order chi connectivity index (χ1) is 14.1. The number of benzene rings is 2. The van der Waals surface area contributed by atoms with Crippen molar-refractivity contribution in [3.63, 3.8) is 0 Å². The van der Waals surface area contributed by atoms with Gasteiger partial charge in [0.2, 0.25) is 0 Å².